The van der Waals surface area contributed by atoms with E-state index in [0.29, 0.717) is 18.4 Å². The van der Waals surface area contributed by atoms with Crippen LogP contribution >= 0.6 is 0 Å². The third-order valence-corrected chi connectivity index (χ3v) is 4.17. The lowest BCUT2D eigenvalue weighted by Crippen LogP contribution is -2.06. The molecule has 3 atom stereocenters. The predicted octanol–water partition coefficient (Wildman–Crippen LogP) is 3.70. The van der Waals surface area contributed by atoms with E-state index in [1.54, 1.807) is 0 Å². The molecular formula is C17H24O3. The second-order valence-corrected chi connectivity index (χ2v) is 5.71. The molecule has 1 fully saturated rings. The van der Waals surface area contributed by atoms with Crippen molar-refractivity contribution in [3.05, 3.63) is 29.3 Å². The zero-order chi connectivity index (χ0) is 14.7. The Balaban J connectivity index is 1.96. The molecular weight excluding hydrogens is 252 g/mol. The topological polar surface area (TPSA) is 35.5 Å². The molecule has 3 heteroatoms. The predicted molar refractivity (Wildman–Crippen MR) is 79.0 cm³/mol. The van der Waals surface area contributed by atoms with Gasteiger partial charge in [0.05, 0.1) is 19.6 Å². The van der Waals surface area contributed by atoms with E-state index in [9.17, 15) is 4.79 Å². The normalized spacial score (nSPS) is 22.2. The van der Waals surface area contributed by atoms with Gasteiger partial charge in [0, 0.05) is 0 Å². The zero-order valence-corrected chi connectivity index (χ0v) is 12.8. The Hall–Kier alpha value is -1.51. The van der Waals surface area contributed by atoms with E-state index in [2.05, 4.69) is 26.0 Å². The molecule has 0 bridgehead atoms. The number of benzene rings is 1. The minimum Gasteiger partial charge on any atom is -0.494 e. The van der Waals surface area contributed by atoms with Gasteiger partial charge in [-0.3, -0.25) is 4.79 Å². The van der Waals surface area contributed by atoms with Crippen LogP contribution in [0.25, 0.3) is 0 Å². The molecule has 0 N–H and O–H groups in total. The fraction of sp³-hybridized carbons (Fsp3) is 0.588. The third kappa shape index (κ3) is 3.33. The van der Waals surface area contributed by atoms with Crippen LogP contribution in [0.15, 0.2) is 18.2 Å². The van der Waals surface area contributed by atoms with E-state index >= 15 is 0 Å². The highest BCUT2D eigenvalue weighted by Gasteiger charge is 2.44. The van der Waals surface area contributed by atoms with Crippen LogP contribution in [-0.4, -0.2) is 19.7 Å². The highest BCUT2D eigenvalue weighted by molar-refractivity contribution is 5.75. The first-order valence-electron chi connectivity index (χ1n) is 7.38. The van der Waals surface area contributed by atoms with E-state index in [1.165, 1.54) is 18.2 Å². The van der Waals surface area contributed by atoms with Crippen LogP contribution in [0, 0.1) is 18.8 Å². The van der Waals surface area contributed by atoms with Crippen LogP contribution in [-0.2, 0) is 9.53 Å². The van der Waals surface area contributed by atoms with Gasteiger partial charge in [0.15, 0.2) is 0 Å². The first-order chi connectivity index (χ1) is 9.56. The summed E-state index contributed by atoms with van der Waals surface area (Å²) in [6.45, 7) is 7.04. The molecule has 1 saturated carbocycles. The molecule has 1 aliphatic rings. The number of esters is 1. The number of ether oxygens (including phenoxy) is 2. The maximum Gasteiger partial charge on any atom is 0.308 e. The standard InChI is InChI=1S/C17H24O3/c1-5-20-14-6-7-15(12(3)9-14)11(2)8-13-10-16(13)17(18)19-4/h6-7,9,11,13,16H,5,8,10H2,1-4H3. The fourth-order valence-electron chi connectivity index (χ4n) is 2.99. The fourth-order valence-corrected chi connectivity index (χ4v) is 2.99. The van der Waals surface area contributed by atoms with Gasteiger partial charge in [-0.05, 0) is 61.8 Å². The molecule has 110 valence electrons. The highest BCUT2D eigenvalue weighted by Crippen LogP contribution is 2.46. The summed E-state index contributed by atoms with van der Waals surface area (Å²) in [6, 6.07) is 6.29. The van der Waals surface area contributed by atoms with Crippen LogP contribution in [0.2, 0.25) is 0 Å². The largest absolute Gasteiger partial charge is 0.494 e. The minimum absolute atomic E-state index is 0.0504. The molecule has 1 aromatic rings. The summed E-state index contributed by atoms with van der Waals surface area (Å²) in [4.78, 5) is 11.4. The summed E-state index contributed by atoms with van der Waals surface area (Å²) < 4.78 is 10.3. The van der Waals surface area contributed by atoms with Crippen molar-refractivity contribution >= 4 is 5.97 Å². The van der Waals surface area contributed by atoms with Crippen molar-refractivity contribution in [2.24, 2.45) is 11.8 Å². The Morgan fingerprint density at radius 3 is 2.80 bits per heavy atom. The van der Waals surface area contributed by atoms with Gasteiger partial charge in [0.1, 0.15) is 5.75 Å². The molecule has 0 heterocycles. The molecule has 0 spiro atoms. The molecule has 20 heavy (non-hydrogen) atoms. The molecule has 0 aliphatic heterocycles. The van der Waals surface area contributed by atoms with E-state index < -0.39 is 0 Å². The lowest BCUT2D eigenvalue weighted by atomic mass is 9.91. The van der Waals surface area contributed by atoms with Crippen LogP contribution in [0.4, 0.5) is 0 Å². The lowest BCUT2D eigenvalue weighted by molar-refractivity contribution is -0.142. The van der Waals surface area contributed by atoms with Crippen molar-refractivity contribution in [1.29, 1.82) is 0 Å². The summed E-state index contributed by atoms with van der Waals surface area (Å²) in [6.07, 6.45) is 2.03. The van der Waals surface area contributed by atoms with Crippen molar-refractivity contribution in [2.75, 3.05) is 13.7 Å². The Morgan fingerprint density at radius 1 is 1.45 bits per heavy atom. The number of aryl methyl sites for hydroxylation is 1. The number of methoxy groups -OCH3 is 1. The van der Waals surface area contributed by atoms with Crippen molar-refractivity contribution in [3.8, 4) is 5.75 Å². The van der Waals surface area contributed by atoms with Crippen molar-refractivity contribution < 1.29 is 14.3 Å². The SMILES string of the molecule is CCOc1ccc(C(C)CC2CC2C(=O)OC)c(C)c1. The van der Waals surface area contributed by atoms with Gasteiger partial charge in [0.25, 0.3) is 0 Å². The monoisotopic (exact) mass is 276 g/mol. The van der Waals surface area contributed by atoms with Crippen molar-refractivity contribution in [1.82, 2.24) is 0 Å². The first kappa shape index (κ1) is 14.9. The van der Waals surface area contributed by atoms with Crippen LogP contribution in [0.3, 0.4) is 0 Å². The quantitative estimate of drug-likeness (QED) is 0.743. The lowest BCUT2D eigenvalue weighted by Gasteiger charge is -2.16. The Morgan fingerprint density at radius 2 is 2.20 bits per heavy atom. The molecule has 0 saturated heterocycles. The van der Waals surface area contributed by atoms with E-state index in [1.807, 2.05) is 13.0 Å². The minimum atomic E-state index is -0.0504. The number of carbonyl (C=O) groups excluding carboxylic acids is 1. The molecule has 1 aliphatic carbocycles. The number of hydrogen-bond donors (Lipinski definition) is 0. The van der Waals surface area contributed by atoms with Gasteiger partial charge in [-0.15, -0.1) is 0 Å². The second-order valence-electron chi connectivity index (χ2n) is 5.71. The van der Waals surface area contributed by atoms with Gasteiger partial charge < -0.3 is 9.47 Å². The van der Waals surface area contributed by atoms with Gasteiger partial charge in [-0.1, -0.05) is 13.0 Å². The summed E-state index contributed by atoms with van der Waals surface area (Å²) in [5.74, 6) is 1.96. The number of rotatable bonds is 6. The van der Waals surface area contributed by atoms with E-state index in [-0.39, 0.29) is 11.9 Å². The van der Waals surface area contributed by atoms with Gasteiger partial charge in [-0.2, -0.15) is 0 Å². The number of hydrogen-bond acceptors (Lipinski definition) is 3. The Labute approximate surface area is 121 Å². The molecule has 0 amide bonds. The van der Waals surface area contributed by atoms with Gasteiger partial charge in [-0.25, -0.2) is 0 Å². The Kier molecular flexibility index (Phi) is 4.69. The molecule has 3 unspecified atom stereocenters. The smallest absolute Gasteiger partial charge is 0.308 e. The zero-order valence-electron chi connectivity index (χ0n) is 12.8. The summed E-state index contributed by atoms with van der Waals surface area (Å²) >= 11 is 0. The third-order valence-electron chi connectivity index (χ3n) is 4.17. The summed E-state index contributed by atoms with van der Waals surface area (Å²) in [5.41, 5.74) is 2.61. The molecule has 0 radical (unpaired) electrons. The maximum absolute atomic E-state index is 11.4. The average Bonchev–Trinajstić information content (AvgIpc) is 3.17. The van der Waals surface area contributed by atoms with Crippen LogP contribution < -0.4 is 4.74 Å². The Bertz CT molecular complexity index is 481. The van der Waals surface area contributed by atoms with Crippen molar-refractivity contribution in [2.45, 2.75) is 39.5 Å². The molecule has 2 rings (SSSR count). The second kappa shape index (κ2) is 6.29. The van der Waals surface area contributed by atoms with Crippen LogP contribution in [0.1, 0.15) is 43.7 Å². The summed E-state index contributed by atoms with van der Waals surface area (Å²) in [5, 5.41) is 0. The van der Waals surface area contributed by atoms with Crippen LogP contribution in [0.5, 0.6) is 5.75 Å². The summed E-state index contributed by atoms with van der Waals surface area (Å²) in [7, 11) is 1.47. The van der Waals surface area contributed by atoms with E-state index in [0.717, 1.165) is 18.6 Å². The maximum atomic E-state index is 11.4. The highest BCUT2D eigenvalue weighted by atomic mass is 16.5. The van der Waals surface area contributed by atoms with Gasteiger partial charge >= 0.3 is 5.97 Å². The molecule has 3 nitrogen and oxygen atoms in total. The number of carbonyl (C=O) groups is 1. The van der Waals surface area contributed by atoms with E-state index in [4.69, 9.17) is 9.47 Å². The van der Waals surface area contributed by atoms with Crippen molar-refractivity contribution in [3.63, 3.8) is 0 Å². The molecule has 1 aromatic carbocycles. The molecule has 0 aromatic heterocycles. The van der Waals surface area contributed by atoms with Gasteiger partial charge in [0.2, 0.25) is 0 Å². The first-order valence-corrected chi connectivity index (χ1v) is 7.38. The average molecular weight is 276 g/mol.